The smallest absolute Gasteiger partial charge is 0.259 e. The summed E-state index contributed by atoms with van der Waals surface area (Å²) in [5, 5.41) is 9.16. The van der Waals surface area contributed by atoms with E-state index in [0.717, 1.165) is 21.8 Å². The molecule has 2 aromatic rings. The van der Waals surface area contributed by atoms with Gasteiger partial charge in [0.25, 0.3) is 5.91 Å². The molecule has 1 aromatic carbocycles. The van der Waals surface area contributed by atoms with E-state index < -0.39 is 0 Å². The molecule has 2 rings (SSSR count). The lowest BCUT2D eigenvalue weighted by atomic mass is 10.2. The number of carbonyl (C=O) groups excluding carboxylic acids is 1. The third kappa shape index (κ3) is 3.93. The first-order valence-corrected chi connectivity index (χ1v) is 7.21. The van der Waals surface area contributed by atoms with Crippen LogP contribution >= 0.6 is 11.3 Å². The molecule has 1 amide bonds. The summed E-state index contributed by atoms with van der Waals surface area (Å²) in [4.78, 5) is 12.8. The fourth-order valence-electron chi connectivity index (χ4n) is 1.67. The standard InChI is InChI=1S/C15H17N3OS/c1-11-6-3-4-7-13(11)16-10-15(19)18-17-12(2)14-8-5-9-20-14/h3-9,16H,10H2,1-2H3,(H,18,19)/b17-12+. The number of amides is 1. The Bertz CT molecular complexity index is 605. The number of anilines is 1. The van der Waals surface area contributed by atoms with Gasteiger partial charge in [-0.25, -0.2) is 5.43 Å². The van der Waals surface area contributed by atoms with Crippen molar-refractivity contribution in [1.82, 2.24) is 5.43 Å². The summed E-state index contributed by atoms with van der Waals surface area (Å²) in [6, 6.07) is 11.8. The fraction of sp³-hybridized carbons (Fsp3) is 0.200. The van der Waals surface area contributed by atoms with Crippen LogP contribution in [0, 0.1) is 6.92 Å². The van der Waals surface area contributed by atoms with Crippen molar-refractivity contribution in [3.63, 3.8) is 0 Å². The summed E-state index contributed by atoms with van der Waals surface area (Å²) < 4.78 is 0. The van der Waals surface area contributed by atoms with Crippen molar-refractivity contribution < 1.29 is 4.79 Å². The molecule has 0 unspecified atom stereocenters. The lowest BCUT2D eigenvalue weighted by Crippen LogP contribution is -2.26. The molecule has 20 heavy (non-hydrogen) atoms. The van der Waals surface area contributed by atoms with Crippen molar-refractivity contribution in [3.05, 3.63) is 52.2 Å². The highest BCUT2D eigenvalue weighted by atomic mass is 32.1. The minimum absolute atomic E-state index is 0.163. The summed E-state index contributed by atoms with van der Waals surface area (Å²) in [7, 11) is 0. The lowest BCUT2D eigenvalue weighted by molar-refractivity contribution is -0.119. The van der Waals surface area contributed by atoms with Crippen LogP contribution in [0.5, 0.6) is 0 Å². The Hall–Kier alpha value is -2.14. The van der Waals surface area contributed by atoms with Crippen LogP contribution in [0.3, 0.4) is 0 Å². The van der Waals surface area contributed by atoms with E-state index in [2.05, 4.69) is 15.8 Å². The van der Waals surface area contributed by atoms with E-state index >= 15 is 0 Å². The number of nitrogens with zero attached hydrogens (tertiary/aromatic N) is 1. The highest BCUT2D eigenvalue weighted by molar-refractivity contribution is 7.12. The first-order valence-electron chi connectivity index (χ1n) is 6.33. The molecule has 5 heteroatoms. The first-order chi connectivity index (χ1) is 9.66. The van der Waals surface area contributed by atoms with Crippen molar-refractivity contribution in [2.24, 2.45) is 5.10 Å². The zero-order valence-corrected chi connectivity index (χ0v) is 12.3. The number of aryl methyl sites for hydroxylation is 1. The summed E-state index contributed by atoms with van der Waals surface area (Å²) >= 11 is 1.60. The number of para-hydroxylation sites is 1. The van der Waals surface area contributed by atoms with Crippen molar-refractivity contribution >= 4 is 28.6 Å². The molecule has 4 nitrogen and oxygen atoms in total. The number of hydrogen-bond donors (Lipinski definition) is 2. The number of hydrazone groups is 1. The summed E-state index contributed by atoms with van der Waals surface area (Å²) in [5.74, 6) is -0.163. The molecule has 0 fully saturated rings. The van der Waals surface area contributed by atoms with E-state index in [0.29, 0.717) is 0 Å². The van der Waals surface area contributed by atoms with Gasteiger partial charge in [0.1, 0.15) is 0 Å². The SMILES string of the molecule is C/C(=N\NC(=O)CNc1ccccc1C)c1cccs1. The molecule has 0 aliphatic carbocycles. The molecule has 0 radical (unpaired) electrons. The summed E-state index contributed by atoms with van der Waals surface area (Å²) in [6.07, 6.45) is 0. The zero-order valence-electron chi connectivity index (χ0n) is 11.5. The Balaban J connectivity index is 1.84. The van der Waals surface area contributed by atoms with Gasteiger partial charge in [-0.15, -0.1) is 11.3 Å². The van der Waals surface area contributed by atoms with Gasteiger partial charge in [0.15, 0.2) is 0 Å². The van der Waals surface area contributed by atoms with E-state index in [4.69, 9.17) is 0 Å². The van der Waals surface area contributed by atoms with Gasteiger partial charge in [-0.2, -0.15) is 5.10 Å². The molecule has 1 heterocycles. The van der Waals surface area contributed by atoms with Crippen molar-refractivity contribution in [3.8, 4) is 0 Å². The van der Waals surface area contributed by atoms with Crippen molar-refractivity contribution in [2.45, 2.75) is 13.8 Å². The Kier molecular flexibility index (Phi) is 4.90. The average molecular weight is 287 g/mol. The highest BCUT2D eigenvalue weighted by Gasteiger charge is 2.03. The molecule has 0 atom stereocenters. The molecule has 0 aliphatic rings. The van der Waals surface area contributed by atoms with Gasteiger partial charge >= 0.3 is 0 Å². The Morgan fingerprint density at radius 1 is 1.25 bits per heavy atom. The van der Waals surface area contributed by atoms with Crippen LogP contribution in [-0.4, -0.2) is 18.2 Å². The van der Waals surface area contributed by atoms with Crippen molar-refractivity contribution in [1.29, 1.82) is 0 Å². The Morgan fingerprint density at radius 2 is 2.05 bits per heavy atom. The van der Waals surface area contributed by atoms with Gasteiger partial charge in [0.2, 0.25) is 0 Å². The van der Waals surface area contributed by atoms with Gasteiger partial charge in [-0.05, 0) is 36.9 Å². The molecule has 0 aliphatic heterocycles. The molecule has 0 saturated heterocycles. The van der Waals surface area contributed by atoms with E-state index in [1.54, 1.807) is 11.3 Å². The molecule has 104 valence electrons. The van der Waals surface area contributed by atoms with E-state index in [9.17, 15) is 4.79 Å². The van der Waals surface area contributed by atoms with E-state index in [1.165, 1.54) is 0 Å². The quantitative estimate of drug-likeness (QED) is 0.656. The highest BCUT2D eigenvalue weighted by Crippen LogP contribution is 2.12. The number of nitrogens with one attached hydrogen (secondary N) is 2. The lowest BCUT2D eigenvalue weighted by Gasteiger charge is -2.08. The van der Waals surface area contributed by atoms with Crippen LogP contribution in [0.4, 0.5) is 5.69 Å². The topological polar surface area (TPSA) is 53.5 Å². The van der Waals surface area contributed by atoms with E-state index in [1.807, 2.05) is 55.6 Å². The van der Waals surface area contributed by atoms with Crippen molar-refractivity contribution in [2.75, 3.05) is 11.9 Å². The maximum absolute atomic E-state index is 11.7. The molecule has 0 bridgehead atoms. The molecule has 2 N–H and O–H groups in total. The van der Waals surface area contributed by atoms with Gasteiger partial charge in [0.05, 0.1) is 12.3 Å². The number of benzene rings is 1. The maximum Gasteiger partial charge on any atom is 0.259 e. The molecule has 0 spiro atoms. The second-order valence-electron chi connectivity index (χ2n) is 4.38. The van der Waals surface area contributed by atoms with Crippen LogP contribution in [0.2, 0.25) is 0 Å². The molecular weight excluding hydrogens is 270 g/mol. The third-order valence-corrected chi connectivity index (χ3v) is 3.79. The monoisotopic (exact) mass is 287 g/mol. The predicted octanol–water partition coefficient (Wildman–Crippen LogP) is 3.01. The second kappa shape index (κ2) is 6.86. The molecule has 1 aromatic heterocycles. The Labute approximate surface area is 122 Å². The normalized spacial score (nSPS) is 11.2. The van der Waals surface area contributed by atoms with Crippen LogP contribution in [0.25, 0.3) is 0 Å². The van der Waals surface area contributed by atoms with Gasteiger partial charge in [-0.1, -0.05) is 24.3 Å². The first kappa shape index (κ1) is 14.3. The number of hydrogen-bond acceptors (Lipinski definition) is 4. The number of rotatable bonds is 5. The predicted molar refractivity (Wildman–Crippen MR) is 84.3 cm³/mol. The second-order valence-corrected chi connectivity index (χ2v) is 5.33. The Morgan fingerprint density at radius 3 is 2.75 bits per heavy atom. The molecule has 0 saturated carbocycles. The zero-order chi connectivity index (χ0) is 14.4. The minimum Gasteiger partial charge on any atom is -0.376 e. The minimum atomic E-state index is -0.163. The van der Waals surface area contributed by atoms with Gasteiger partial charge < -0.3 is 5.32 Å². The van der Waals surface area contributed by atoms with Crippen LogP contribution < -0.4 is 10.7 Å². The molecular formula is C15H17N3OS. The summed E-state index contributed by atoms with van der Waals surface area (Å²) in [5.41, 5.74) is 5.43. The average Bonchev–Trinajstić information content (AvgIpc) is 2.98. The number of carbonyl (C=O) groups is 1. The third-order valence-electron chi connectivity index (χ3n) is 2.81. The van der Waals surface area contributed by atoms with Gasteiger partial charge in [-0.3, -0.25) is 4.79 Å². The fourth-order valence-corrected chi connectivity index (χ4v) is 2.35. The number of thiophene rings is 1. The maximum atomic E-state index is 11.7. The summed E-state index contributed by atoms with van der Waals surface area (Å²) in [6.45, 7) is 4.08. The van der Waals surface area contributed by atoms with Crippen LogP contribution in [-0.2, 0) is 4.79 Å². The largest absolute Gasteiger partial charge is 0.376 e. The van der Waals surface area contributed by atoms with Crippen LogP contribution in [0.15, 0.2) is 46.9 Å². The van der Waals surface area contributed by atoms with Crippen LogP contribution in [0.1, 0.15) is 17.4 Å². The van der Waals surface area contributed by atoms with Gasteiger partial charge in [0, 0.05) is 10.6 Å². The van der Waals surface area contributed by atoms with E-state index in [-0.39, 0.29) is 12.5 Å².